The molecule has 0 amide bonds. The van der Waals surface area contributed by atoms with Crippen molar-refractivity contribution in [2.24, 2.45) is 5.73 Å². The minimum Gasteiger partial charge on any atom is -0.481 e. The first-order valence-electron chi connectivity index (χ1n) is 6.54. The number of nitrogens with two attached hydrogens (primary N) is 1. The van der Waals surface area contributed by atoms with Crippen molar-refractivity contribution in [3.05, 3.63) is 65.7 Å². The van der Waals surface area contributed by atoms with E-state index in [4.69, 9.17) is 10.5 Å². The van der Waals surface area contributed by atoms with Crippen molar-refractivity contribution in [2.45, 2.75) is 25.5 Å². The van der Waals surface area contributed by atoms with Gasteiger partial charge in [0.1, 0.15) is 11.9 Å². The largest absolute Gasteiger partial charge is 0.481 e. The predicted octanol–water partition coefficient (Wildman–Crippen LogP) is 3.82. The van der Waals surface area contributed by atoms with Crippen molar-refractivity contribution < 1.29 is 13.5 Å². The maximum atomic E-state index is 13.7. The van der Waals surface area contributed by atoms with Gasteiger partial charge >= 0.3 is 0 Å². The molecule has 0 radical (unpaired) electrons. The van der Waals surface area contributed by atoms with Crippen molar-refractivity contribution in [3.8, 4) is 5.75 Å². The van der Waals surface area contributed by atoms with Gasteiger partial charge < -0.3 is 10.5 Å². The first-order valence-corrected chi connectivity index (χ1v) is 6.54. The highest BCUT2D eigenvalue weighted by molar-refractivity contribution is 5.27. The van der Waals surface area contributed by atoms with Crippen molar-refractivity contribution in [1.82, 2.24) is 0 Å². The fraction of sp³-hybridized carbons (Fsp3) is 0.250. The van der Waals surface area contributed by atoms with E-state index < -0.39 is 11.9 Å². The molecule has 0 bridgehead atoms. The quantitative estimate of drug-likeness (QED) is 0.901. The van der Waals surface area contributed by atoms with Gasteiger partial charge in [-0.2, -0.15) is 0 Å². The number of halogens is 2. The van der Waals surface area contributed by atoms with Gasteiger partial charge in [-0.1, -0.05) is 31.2 Å². The van der Waals surface area contributed by atoms with E-state index in [9.17, 15) is 8.78 Å². The van der Waals surface area contributed by atoms with Gasteiger partial charge in [0.15, 0.2) is 11.6 Å². The summed E-state index contributed by atoms with van der Waals surface area (Å²) in [5.74, 6) is -0.712. The van der Waals surface area contributed by atoms with E-state index in [0.717, 1.165) is 0 Å². The van der Waals surface area contributed by atoms with Gasteiger partial charge in [0.2, 0.25) is 0 Å². The molecule has 2 aromatic rings. The smallest absolute Gasteiger partial charge is 0.165 e. The highest BCUT2D eigenvalue weighted by Gasteiger charge is 2.22. The average molecular weight is 277 g/mol. The zero-order chi connectivity index (χ0) is 14.5. The van der Waals surface area contributed by atoms with Crippen molar-refractivity contribution in [3.63, 3.8) is 0 Å². The highest BCUT2D eigenvalue weighted by Crippen LogP contribution is 2.27. The Balaban J connectivity index is 2.31. The lowest BCUT2D eigenvalue weighted by molar-refractivity contribution is 0.163. The summed E-state index contributed by atoms with van der Waals surface area (Å²) in [6.07, 6.45) is 0.0444. The molecule has 0 spiro atoms. The average Bonchev–Trinajstić information content (AvgIpc) is 2.45. The summed E-state index contributed by atoms with van der Waals surface area (Å²) in [6, 6.07) is 11.8. The summed E-state index contributed by atoms with van der Waals surface area (Å²) in [4.78, 5) is 0. The van der Waals surface area contributed by atoms with Crippen molar-refractivity contribution in [1.29, 1.82) is 0 Å². The molecule has 0 saturated carbocycles. The van der Waals surface area contributed by atoms with Crippen LogP contribution in [-0.4, -0.2) is 6.04 Å². The van der Waals surface area contributed by atoms with E-state index in [-0.39, 0.29) is 17.6 Å². The third kappa shape index (κ3) is 3.33. The Hall–Kier alpha value is -1.94. The number of ether oxygens (including phenoxy) is 1. The van der Waals surface area contributed by atoms with E-state index in [2.05, 4.69) is 0 Å². The van der Waals surface area contributed by atoms with Crippen LogP contribution in [0.15, 0.2) is 48.5 Å². The number of para-hydroxylation sites is 1. The second-order valence-electron chi connectivity index (χ2n) is 4.60. The Morgan fingerprint density at radius 3 is 2.50 bits per heavy atom. The molecule has 20 heavy (non-hydrogen) atoms. The zero-order valence-corrected chi connectivity index (χ0v) is 11.2. The molecule has 106 valence electrons. The molecular weight excluding hydrogens is 260 g/mol. The Bertz CT molecular complexity index is 574. The molecule has 0 aliphatic heterocycles. The molecule has 2 nitrogen and oxygen atoms in total. The summed E-state index contributed by atoms with van der Waals surface area (Å²) in [6.45, 7) is 1.90. The van der Waals surface area contributed by atoms with Gasteiger partial charge in [-0.25, -0.2) is 8.78 Å². The third-order valence-corrected chi connectivity index (χ3v) is 3.13. The molecule has 0 saturated heterocycles. The van der Waals surface area contributed by atoms with Gasteiger partial charge in [0.05, 0.1) is 0 Å². The molecule has 0 aromatic heterocycles. The molecule has 0 aliphatic carbocycles. The lowest BCUT2D eigenvalue weighted by atomic mass is 10.0. The van der Waals surface area contributed by atoms with E-state index in [1.165, 1.54) is 24.3 Å². The van der Waals surface area contributed by atoms with E-state index in [1.807, 2.05) is 6.92 Å². The SMILES string of the molecule is CCC(N)C(Oc1ccccc1F)c1cccc(F)c1. The fourth-order valence-electron chi connectivity index (χ4n) is 1.98. The van der Waals surface area contributed by atoms with Crippen molar-refractivity contribution in [2.75, 3.05) is 0 Å². The number of hydrogen-bond acceptors (Lipinski definition) is 2. The van der Waals surface area contributed by atoms with Crippen LogP contribution in [0.3, 0.4) is 0 Å². The van der Waals surface area contributed by atoms with Crippen LogP contribution < -0.4 is 10.5 Å². The van der Waals surface area contributed by atoms with Gasteiger partial charge in [-0.05, 0) is 36.2 Å². The van der Waals surface area contributed by atoms with Crippen LogP contribution >= 0.6 is 0 Å². The predicted molar refractivity (Wildman–Crippen MR) is 74.4 cm³/mol. The van der Waals surface area contributed by atoms with E-state index >= 15 is 0 Å². The Morgan fingerprint density at radius 1 is 1.10 bits per heavy atom. The Morgan fingerprint density at radius 2 is 1.85 bits per heavy atom. The fourth-order valence-corrected chi connectivity index (χ4v) is 1.98. The lowest BCUT2D eigenvalue weighted by Crippen LogP contribution is -2.31. The van der Waals surface area contributed by atoms with Crippen LogP contribution in [0.5, 0.6) is 5.75 Å². The standard InChI is InChI=1S/C16H17F2NO/c1-2-14(19)16(11-6-5-7-12(17)10-11)20-15-9-4-3-8-13(15)18/h3-10,14,16H,2,19H2,1H3. The lowest BCUT2D eigenvalue weighted by Gasteiger charge is -2.25. The Kier molecular flexibility index (Phi) is 4.69. The topological polar surface area (TPSA) is 35.2 Å². The van der Waals surface area contributed by atoms with Crippen molar-refractivity contribution >= 4 is 0 Å². The second kappa shape index (κ2) is 6.48. The molecule has 0 heterocycles. The first kappa shape index (κ1) is 14.5. The molecule has 4 heteroatoms. The van der Waals surface area contributed by atoms with Crippen LogP contribution in [0.25, 0.3) is 0 Å². The first-order chi connectivity index (χ1) is 9.61. The molecule has 0 fully saturated rings. The minimum absolute atomic E-state index is 0.116. The van der Waals surface area contributed by atoms with Gasteiger partial charge in [-0.15, -0.1) is 0 Å². The summed E-state index contributed by atoms with van der Waals surface area (Å²) >= 11 is 0. The number of benzene rings is 2. The molecule has 2 N–H and O–H groups in total. The van der Waals surface area contributed by atoms with E-state index in [1.54, 1.807) is 24.3 Å². The van der Waals surface area contributed by atoms with Crippen LogP contribution in [0.2, 0.25) is 0 Å². The summed E-state index contributed by atoms with van der Waals surface area (Å²) in [5, 5.41) is 0. The summed E-state index contributed by atoms with van der Waals surface area (Å²) < 4.78 is 32.7. The second-order valence-corrected chi connectivity index (χ2v) is 4.60. The van der Waals surface area contributed by atoms with Gasteiger partial charge in [0.25, 0.3) is 0 Å². The molecule has 2 rings (SSSR count). The molecule has 2 aromatic carbocycles. The maximum absolute atomic E-state index is 13.7. The summed E-state index contributed by atoms with van der Waals surface area (Å²) in [5.41, 5.74) is 6.63. The number of hydrogen-bond donors (Lipinski definition) is 1. The maximum Gasteiger partial charge on any atom is 0.165 e. The molecule has 2 unspecified atom stereocenters. The Labute approximate surface area is 117 Å². The molecule has 2 atom stereocenters. The monoisotopic (exact) mass is 277 g/mol. The van der Waals surface area contributed by atoms with Gasteiger partial charge in [0, 0.05) is 6.04 Å². The third-order valence-electron chi connectivity index (χ3n) is 3.13. The number of rotatable bonds is 5. The molecule has 0 aliphatic rings. The van der Waals surface area contributed by atoms with Crippen LogP contribution in [0, 0.1) is 11.6 Å². The summed E-state index contributed by atoms with van der Waals surface area (Å²) in [7, 11) is 0. The molecular formula is C16H17F2NO. The highest BCUT2D eigenvalue weighted by atomic mass is 19.1. The van der Waals surface area contributed by atoms with Crippen LogP contribution in [0.4, 0.5) is 8.78 Å². The van der Waals surface area contributed by atoms with Gasteiger partial charge in [-0.3, -0.25) is 0 Å². The zero-order valence-electron chi connectivity index (χ0n) is 11.2. The normalized spacial score (nSPS) is 13.8. The van der Waals surface area contributed by atoms with E-state index in [0.29, 0.717) is 12.0 Å². The van der Waals surface area contributed by atoms with Crippen LogP contribution in [-0.2, 0) is 0 Å². The minimum atomic E-state index is -0.590. The van der Waals surface area contributed by atoms with Crippen LogP contribution in [0.1, 0.15) is 25.0 Å².